The van der Waals surface area contributed by atoms with Crippen LogP contribution < -0.4 is 5.32 Å². The van der Waals surface area contributed by atoms with Crippen LogP contribution in [0.5, 0.6) is 0 Å². The molecule has 0 bridgehead atoms. The Bertz CT molecular complexity index is 449. The van der Waals surface area contributed by atoms with Gasteiger partial charge in [-0.2, -0.15) is 0 Å². The first-order valence-corrected chi connectivity index (χ1v) is 7.52. The van der Waals surface area contributed by atoms with Crippen LogP contribution in [0.15, 0.2) is 23.8 Å². The SMILES string of the molecule is CNC(/C1=C/CCCCCC1)c1ccc(C)nc1C. The first kappa shape index (κ1) is 14.3. The first-order chi connectivity index (χ1) is 9.22. The molecule has 1 atom stereocenters. The van der Waals surface area contributed by atoms with Gasteiger partial charge in [0, 0.05) is 11.4 Å². The fourth-order valence-corrected chi connectivity index (χ4v) is 3.02. The van der Waals surface area contributed by atoms with E-state index in [0.717, 1.165) is 11.4 Å². The molecule has 1 aliphatic rings. The van der Waals surface area contributed by atoms with E-state index in [0.29, 0.717) is 6.04 Å². The number of allylic oxidation sites excluding steroid dienone is 1. The van der Waals surface area contributed by atoms with Crippen LogP contribution in [-0.2, 0) is 0 Å². The lowest BCUT2D eigenvalue weighted by atomic mass is 9.90. The molecule has 1 unspecified atom stereocenters. The summed E-state index contributed by atoms with van der Waals surface area (Å²) in [6.45, 7) is 4.18. The van der Waals surface area contributed by atoms with Gasteiger partial charge in [0.25, 0.3) is 0 Å². The second kappa shape index (κ2) is 6.85. The third kappa shape index (κ3) is 3.66. The Balaban J connectivity index is 2.27. The van der Waals surface area contributed by atoms with Gasteiger partial charge >= 0.3 is 0 Å². The van der Waals surface area contributed by atoms with Crippen LogP contribution in [0.3, 0.4) is 0 Å². The maximum atomic E-state index is 4.61. The second-order valence-electron chi connectivity index (χ2n) is 5.58. The molecule has 1 aromatic rings. The number of pyridine rings is 1. The molecule has 0 amide bonds. The van der Waals surface area contributed by atoms with Crippen LogP contribution in [0.25, 0.3) is 0 Å². The van der Waals surface area contributed by atoms with Gasteiger partial charge in [0.2, 0.25) is 0 Å². The highest BCUT2D eigenvalue weighted by Crippen LogP contribution is 2.29. The number of nitrogens with one attached hydrogen (secondary N) is 1. The topological polar surface area (TPSA) is 24.9 Å². The fourth-order valence-electron chi connectivity index (χ4n) is 3.02. The van der Waals surface area contributed by atoms with Crippen LogP contribution in [0.2, 0.25) is 0 Å². The Hall–Kier alpha value is -1.15. The van der Waals surface area contributed by atoms with Crippen molar-refractivity contribution in [2.75, 3.05) is 7.05 Å². The predicted octanol–water partition coefficient (Wildman–Crippen LogP) is 4.24. The number of nitrogens with zero attached hydrogens (tertiary/aromatic N) is 1. The zero-order valence-corrected chi connectivity index (χ0v) is 12.5. The molecule has 2 heteroatoms. The van der Waals surface area contributed by atoms with E-state index >= 15 is 0 Å². The van der Waals surface area contributed by atoms with E-state index in [1.165, 1.54) is 44.1 Å². The summed E-state index contributed by atoms with van der Waals surface area (Å²) in [7, 11) is 2.06. The summed E-state index contributed by atoms with van der Waals surface area (Å²) in [4.78, 5) is 4.61. The summed E-state index contributed by atoms with van der Waals surface area (Å²) in [6, 6.07) is 4.69. The van der Waals surface area contributed by atoms with Gasteiger partial charge in [-0.25, -0.2) is 0 Å². The van der Waals surface area contributed by atoms with E-state index in [4.69, 9.17) is 0 Å². The highest BCUT2D eigenvalue weighted by atomic mass is 14.9. The minimum Gasteiger partial charge on any atom is -0.310 e. The van der Waals surface area contributed by atoms with E-state index in [2.05, 4.69) is 49.4 Å². The molecule has 1 N–H and O–H groups in total. The third-order valence-electron chi connectivity index (χ3n) is 4.06. The van der Waals surface area contributed by atoms with E-state index < -0.39 is 0 Å². The van der Waals surface area contributed by atoms with Crippen molar-refractivity contribution in [2.24, 2.45) is 0 Å². The van der Waals surface area contributed by atoms with Gasteiger partial charge in [0.1, 0.15) is 0 Å². The Kier molecular flexibility index (Phi) is 5.15. The summed E-state index contributed by atoms with van der Waals surface area (Å²) in [5.74, 6) is 0. The van der Waals surface area contributed by atoms with Gasteiger partial charge in [-0.3, -0.25) is 4.98 Å². The first-order valence-electron chi connectivity index (χ1n) is 7.52. The van der Waals surface area contributed by atoms with Gasteiger partial charge in [0.15, 0.2) is 0 Å². The molecule has 19 heavy (non-hydrogen) atoms. The number of aromatic nitrogens is 1. The van der Waals surface area contributed by atoms with Gasteiger partial charge in [-0.1, -0.05) is 30.6 Å². The van der Waals surface area contributed by atoms with Crippen molar-refractivity contribution in [3.63, 3.8) is 0 Å². The standard InChI is InChI=1S/C17H26N2/c1-13-11-12-16(14(2)19-13)17(18-3)15-9-7-5-4-6-8-10-15/h9,11-12,17-18H,4-8,10H2,1-3H3/b15-9+. The summed E-state index contributed by atoms with van der Waals surface area (Å²) >= 11 is 0. The molecule has 0 fully saturated rings. The summed E-state index contributed by atoms with van der Waals surface area (Å²) in [5, 5.41) is 3.49. The van der Waals surface area contributed by atoms with Crippen LogP contribution in [-0.4, -0.2) is 12.0 Å². The maximum absolute atomic E-state index is 4.61. The van der Waals surface area contributed by atoms with E-state index in [1.54, 1.807) is 5.57 Å². The smallest absolute Gasteiger partial charge is 0.0551 e. The molecule has 0 aliphatic heterocycles. The molecule has 0 radical (unpaired) electrons. The van der Waals surface area contributed by atoms with Crippen molar-refractivity contribution in [3.05, 3.63) is 40.7 Å². The number of rotatable bonds is 3. The quantitative estimate of drug-likeness (QED) is 0.820. The van der Waals surface area contributed by atoms with Crippen LogP contribution in [0.1, 0.15) is 61.5 Å². The summed E-state index contributed by atoms with van der Waals surface area (Å²) in [5.41, 5.74) is 5.14. The molecule has 2 rings (SSSR count). The van der Waals surface area contributed by atoms with E-state index in [9.17, 15) is 0 Å². The van der Waals surface area contributed by atoms with Crippen LogP contribution in [0, 0.1) is 13.8 Å². The molecule has 1 aromatic heterocycles. The minimum atomic E-state index is 0.339. The highest BCUT2D eigenvalue weighted by Gasteiger charge is 2.17. The normalized spacial score (nSPS) is 21.1. The fraction of sp³-hybridized carbons (Fsp3) is 0.588. The Morgan fingerprint density at radius 1 is 1.11 bits per heavy atom. The maximum Gasteiger partial charge on any atom is 0.0551 e. The van der Waals surface area contributed by atoms with Crippen molar-refractivity contribution in [1.82, 2.24) is 10.3 Å². The third-order valence-corrected chi connectivity index (χ3v) is 4.06. The zero-order valence-electron chi connectivity index (χ0n) is 12.5. The minimum absolute atomic E-state index is 0.339. The molecule has 1 aliphatic carbocycles. The summed E-state index contributed by atoms with van der Waals surface area (Å²) in [6.07, 6.45) is 10.3. The highest BCUT2D eigenvalue weighted by molar-refractivity contribution is 5.32. The summed E-state index contributed by atoms with van der Waals surface area (Å²) < 4.78 is 0. The molecule has 0 spiro atoms. The van der Waals surface area contributed by atoms with E-state index in [-0.39, 0.29) is 0 Å². The number of aryl methyl sites for hydroxylation is 2. The molecule has 0 saturated heterocycles. The number of likely N-dealkylation sites (N-methyl/N-ethyl adjacent to an activating group) is 1. The molecule has 2 nitrogen and oxygen atoms in total. The largest absolute Gasteiger partial charge is 0.310 e. The predicted molar refractivity (Wildman–Crippen MR) is 81.3 cm³/mol. The van der Waals surface area contributed by atoms with Gasteiger partial charge in [-0.15, -0.1) is 0 Å². The monoisotopic (exact) mass is 258 g/mol. The molecule has 1 heterocycles. The van der Waals surface area contributed by atoms with Crippen molar-refractivity contribution in [2.45, 2.75) is 58.4 Å². The molecular formula is C17H26N2. The van der Waals surface area contributed by atoms with Gasteiger partial charge in [0.05, 0.1) is 6.04 Å². The van der Waals surface area contributed by atoms with Crippen molar-refractivity contribution < 1.29 is 0 Å². The molecular weight excluding hydrogens is 232 g/mol. The molecule has 0 saturated carbocycles. The lowest BCUT2D eigenvalue weighted by molar-refractivity contribution is 0.571. The zero-order chi connectivity index (χ0) is 13.7. The van der Waals surface area contributed by atoms with Crippen LogP contribution >= 0.6 is 0 Å². The second-order valence-corrected chi connectivity index (χ2v) is 5.58. The van der Waals surface area contributed by atoms with Gasteiger partial charge < -0.3 is 5.32 Å². The van der Waals surface area contributed by atoms with Crippen LogP contribution in [0.4, 0.5) is 0 Å². The van der Waals surface area contributed by atoms with E-state index in [1.807, 2.05) is 0 Å². The average Bonchev–Trinajstić information content (AvgIpc) is 2.34. The Labute approximate surface area is 117 Å². The van der Waals surface area contributed by atoms with Crippen molar-refractivity contribution in [1.29, 1.82) is 0 Å². The Morgan fingerprint density at radius 3 is 2.63 bits per heavy atom. The number of hydrogen-bond acceptors (Lipinski definition) is 2. The Morgan fingerprint density at radius 2 is 1.89 bits per heavy atom. The average molecular weight is 258 g/mol. The van der Waals surface area contributed by atoms with Crippen molar-refractivity contribution in [3.8, 4) is 0 Å². The molecule has 0 aromatic carbocycles. The lowest BCUT2D eigenvalue weighted by Crippen LogP contribution is -2.20. The number of hydrogen-bond donors (Lipinski definition) is 1. The lowest BCUT2D eigenvalue weighted by Gasteiger charge is -2.23. The molecule has 104 valence electrons. The van der Waals surface area contributed by atoms with Crippen molar-refractivity contribution >= 4 is 0 Å². The van der Waals surface area contributed by atoms with Gasteiger partial charge in [-0.05, 0) is 58.2 Å².